The first kappa shape index (κ1) is 15.1. The summed E-state index contributed by atoms with van der Waals surface area (Å²) >= 11 is 0. The van der Waals surface area contributed by atoms with Crippen molar-refractivity contribution in [1.29, 1.82) is 0 Å². The predicted molar refractivity (Wildman–Crippen MR) is 82.9 cm³/mol. The van der Waals surface area contributed by atoms with Gasteiger partial charge in [-0.25, -0.2) is 8.42 Å². The highest BCUT2D eigenvalue weighted by atomic mass is 32.2. The van der Waals surface area contributed by atoms with Crippen molar-refractivity contribution >= 4 is 15.4 Å². The van der Waals surface area contributed by atoms with Gasteiger partial charge in [0.25, 0.3) is 0 Å². The average Bonchev–Trinajstić information content (AvgIpc) is 2.45. The Bertz CT molecular complexity index is 615. The van der Waals surface area contributed by atoms with Crippen molar-refractivity contribution in [2.45, 2.75) is 32.6 Å². The zero-order valence-corrected chi connectivity index (χ0v) is 13.2. The summed E-state index contributed by atoms with van der Waals surface area (Å²) in [6, 6.07) is 6.16. The molecule has 0 aliphatic carbocycles. The number of sulfone groups is 1. The molecule has 4 heteroatoms. The molecule has 0 saturated heterocycles. The fourth-order valence-electron chi connectivity index (χ4n) is 2.48. The number of rotatable bonds is 4. The number of allylic oxidation sites excluding steroid dienone is 1. The second kappa shape index (κ2) is 6.00. The van der Waals surface area contributed by atoms with Crippen LogP contribution in [0.1, 0.15) is 43.7 Å². The summed E-state index contributed by atoms with van der Waals surface area (Å²) < 4.78 is 28.4. The van der Waals surface area contributed by atoms with Gasteiger partial charge in [-0.2, -0.15) is 0 Å². The lowest BCUT2D eigenvalue weighted by atomic mass is 9.93. The molecule has 1 unspecified atom stereocenters. The first-order valence-corrected chi connectivity index (χ1v) is 8.86. The van der Waals surface area contributed by atoms with Crippen molar-refractivity contribution in [3.05, 3.63) is 35.4 Å². The Labute approximate surface area is 121 Å². The van der Waals surface area contributed by atoms with E-state index in [9.17, 15) is 8.42 Å². The Balaban J connectivity index is 2.37. The van der Waals surface area contributed by atoms with Gasteiger partial charge in [-0.3, -0.25) is 0 Å². The lowest BCUT2D eigenvalue weighted by Crippen LogP contribution is -2.15. The van der Waals surface area contributed by atoms with E-state index in [1.807, 2.05) is 18.2 Å². The van der Waals surface area contributed by atoms with Gasteiger partial charge in [-0.15, -0.1) is 0 Å². The molecule has 0 radical (unpaired) electrons. The maximum absolute atomic E-state index is 11.5. The van der Waals surface area contributed by atoms with E-state index in [0.29, 0.717) is 12.3 Å². The van der Waals surface area contributed by atoms with Crippen LogP contribution in [0.5, 0.6) is 5.75 Å². The van der Waals surface area contributed by atoms with Gasteiger partial charge in [0.05, 0.1) is 18.6 Å². The monoisotopic (exact) mass is 294 g/mol. The van der Waals surface area contributed by atoms with Crippen molar-refractivity contribution in [3.8, 4) is 5.75 Å². The lowest BCUT2D eigenvalue weighted by Gasteiger charge is -2.18. The second-order valence-electron chi connectivity index (χ2n) is 5.36. The van der Waals surface area contributed by atoms with Crippen LogP contribution in [0.25, 0.3) is 5.57 Å². The molecule has 110 valence electrons. The van der Waals surface area contributed by atoms with Gasteiger partial charge in [0.1, 0.15) is 5.75 Å². The van der Waals surface area contributed by atoms with Crippen LogP contribution in [0.15, 0.2) is 24.3 Å². The van der Waals surface area contributed by atoms with Crippen LogP contribution < -0.4 is 4.74 Å². The Hall–Kier alpha value is -1.29. The van der Waals surface area contributed by atoms with Gasteiger partial charge >= 0.3 is 0 Å². The number of hydrogen-bond acceptors (Lipinski definition) is 3. The van der Waals surface area contributed by atoms with Gasteiger partial charge in [0.2, 0.25) is 0 Å². The first-order valence-electron chi connectivity index (χ1n) is 7.04. The fourth-order valence-corrected chi connectivity index (χ4v) is 3.63. The Morgan fingerprint density at radius 2 is 2.10 bits per heavy atom. The molecule has 1 aliphatic rings. The lowest BCUT2D eigenvalue weighted by molar-refractivity contribution is 0.406. The normalized spacial score (nSPS) is 19.2. The van der Waals surface area contributed by atoms with Gasteiger partial charge in [0, 0.05) is 0 Å². The van der Waals surface area contributed by atoms with Crippen molar-refractivity contribution in [1.82, 2.24) is 0 Å². The average molecular weight is 294 g/mol. The molecule has 20 heavy (non-hydrogen) atoms. The molecule has 0 fully saturated rings. The zero-order chi connectivity index (χ0) is 14.8. The molecule has 1 heterocycles. The molecule has 1 aromatic rings. The predicted octanol–water partition coefficient (Wildman–Crippen LogP) is 3.41. The van der Waals surface area contributed by atoms with Gasteiger partial charge in [-0.1, -0.05) is 26.0 Å². The molecular weight excluding hydrogens is 272 g/mol. The third-order valence-corrected chi connectivity index (χ3v) is 5.51. The van der Waals surface area contributed by atoms with Gasteiger partial charge in [0.15, 0.2) is 9.84 Å². The molecule has 0 spiro atoms. The van der Waals surface area contributed by atoms with Crippen molar-refractivity contribution in [2.24, 2.45) is 0 Å². The Kier molecular flexibility index (Phi) is 4.53. The highest BCUT2D eigenvalue weighted by Gasteiger charge is 2.19. The Morgan fingerprint density at radius 1 is 1.35 bits per heavy atom. The van der Waals surface area contributed by atoms with Crippen LogP contribution in [-0.4, -0.2) is 27.0 Å². The topological polar surface area (TPSA) is 43.4 Å². The molecule has 0 bridgehead atoms. The van der Waals surface area contributed by atoms with Gasteiger partial charge in [-0.05, 0) is 47.6 Å². The van der Waals surface area contributed by atoms with Crippen LogP contribution in [0.4, 0.5) is 0 Å². The van der Waals surface area contributed by atoms with E-state index in [0.717, 1.165) is 23.3 Å². The first-order chi connectivity index (χ1) is 9.46. The highest BCUT2D eigenvalue weighted by molar-refractivity contribution is 7.91. The number of benzene rings is 1. The zero-order valence-electron chi connectivity index (χ0n) is 12.3. The summed E-state index contributed by atoms with van der Waals surface area (Å²) in [6.45, 7) is 4.34. The summed E-state index contributed by atoms with van der Waals surface area (Å²) in [7, 11) is -1.18. The molecule has 1 aliphatic heterocycles. The summed E-state index contributed by atoms with van der Waals surface area (Å²) in [5.74, 6) is 1.75. The highest BCUT2D eigenvalue weighted by Crippen LogP contribution is 2.33. The van der Waals surface area contributed by atoms with Crippen molar-refractivity contribution in [2.75, 3.05) is 18.6 Å². The van der Waals surface area contributed by atoms with E-state index in [2.05, 4.69) is 19.9 Å². The second-order valence-corrected chi connectivity index (χ2v) is 7.59. The Morgan fingerprint density at radius 3 is 2.65 bits per heavy atom. The van der Waals surface area contributed by atoms with Crippen LogP contribution in [0, 0.1) is 0 Å². The molecule has 1 aromatic carbocycles. The minimum Gasteiger partial charge on any atom is -0.496 e. The number of hydrogen-bond donors (Lipinski definition) is 0. The SMILES string of the molecule is CCC(C)c1cc(C2=CCS(=O)(=O)CC2)ccc1OC. The third kappa shape index (κ3) is 3.23. The van der Waals surface area contributed by atoms with E-state index in [-0.39, 0.29) is 11.5 Å². The number of methoxy groups -OCH3 is 1. The van der Waals surface area contributed by atoms with Crippen LogP contribution in [0.2, 0.25) is 0 Å². The minimum atomic E-state index is -2.87. The minimum absolute atomic E-state index is 0.160. The van der Waals surface area contributed by atoms with Crippen LogP contribution >= 0.6 is 0 Å². The molecule has 0 saturated carbocycles. The van der Waals surface area contributed by atoms with E-state index in [1.165, 1.54) is 5.56 Å². The van der Waals surface area contributed by atoms with E-state index in [4.69, 9.17) is 4.74 Å². The molecule has 0 N–H and O–H groups in total. The smallest absolute Gasteiger partial charge is 0.154 e. The maximum Gasteiger partial charge on any atom is 0.154 e. The summed E-state index contributed by atoms with van der Waals surface area (Å²) in [5.41, 5.74) is 3.45. The molecule has 0 amide bonds. The summed E-state index contributed by atoms with van der Waals surface area (Å²) in [6.07, 6.45) is 3.50. The number of ether oxygens (including phenoxy) is 1. The van der Waals surface area contributed by atoms with Gasteiger partial charge < -0.3 is 4.74 Å². The summed E-state index contributed by atoms with van der Waals surface area (Å²) in [4.78, 5) is 0. The largest absolute Gasteiger partial charge is 0.496 e. The van der Waals surface area contributed by atoms with Crippen molar-refractivity contribution < 1.29 is 13.2 Å². The van der Waals surface area contributed by atoms with E-state index >= 15 is 0 Å². The molecular formula is C16H22O3S. The third-order valence-electron chi connectivity index (χ3n) is 4.01. The summed E-state index contributed by atoms with van der Waals surface area (Å²) in [5, 5.41) is 0. The van der Waals surface area contributed by atoms with Crippen LogP contribution in [0.3, 0.4) is 0 Å². The molecule has 2 rings (SSSR count). The van der Waals surface area contributed by atoms with Crippen LogP contribution in [-0.2, 0) is 9.84 Å². The van der Waals surface area contributed by atoms with E-state index < -0.39 is 9.84 Å². The molecule has 3 nitrogen and oxygen atoms in total. The molecule has 1 atom stereocenters. The van der Waals surface area contributed by atoms with E-state index in [1.54, 1.807) is 7.11 Å². The maximum atomic E-state index is 11.5. The molecule has 0 aromatic heterocycles. The quantitative estimate of drug-likeness (QED) is 0.854. The van der Waals surface area contributed by atoms with Crippen molar-refractivity contribution in [3.63, 3.8) is 0 Å². The standard InChI is InChI=1S/C16H22O3S/c1-4-12(2)15-11-14(5-6-16(15)19-3)13-7-9-20(17,18)10-8-13/h5-7,11-12H,4,8-10H2,1-3H3. The fraction of sp³-hybridized carbons (Fsp3) is 0.500.